The van der Waals surface area contributed by atoms with E-state index >= 15 is 0 Å². The first-order valence-electron chi connectivity index (χ1n) is 4.92. The molecule has 0 saturated carbocycles. The molecular formula is C11H17ClN2O. The summed E-state index contributed by atoms with van der Waals surface area (Å²) < 4.78 is 5.34. The zero-order valence-corrected chi connectivity index (χ0v) is 9.90. The van der Waals surface area contributed by atoms with Crippen LogP contribution in [0.2, 0.25) is 5.02 Å². The predicted octanol–water partition coefficient (Wildman–Crippen LogP) is 1.71. The third kappa shape index (κ3) is 3.38. The molecule has 4 heteroatoms. The van der Waals surface area contributed by atoms with Crippen molar-refractivity contribution in [3.8, 4) is 5.75 Å². The smallest absolute Gasteiger partial charge is 0.125 e. The fourth-order valence-corrected chi connectivity index (χ4v) is 1.90. The van der Waals surface area contributed by atoms with Gasteiger partial charge in [0.15, 0.2) is 0 Å². The minimum atomic E-state index is 0.488. The highest BCUT2D eigenvalue weighted by molar-refractivity contribution is 6.30. The molecule has 84 valence electrons. The topological polar surface area (TPSA) is 47.3 Å². The van der Waals surface area contributed by atoms with Crippen LogP contribution < -0.4 is 15.8 Å². The van der Waals surface area contributed by atoms with Crippen LogP contribution in [0.25, 0.3) is 0 Å². The van der Waals surface area contributed by atoms with E-state index in [1.54, 1.807) is 7.11 Å². The summed E-state index contributed by atoms with van der Waals surface area (Å²) in [7, 11) is 1.68. The number of nitrogens with two attached hydrogens (primary N) is 1. The Morgan fingerprint density at radius 1 is 1.47 bits per heavy atom. The maximum Gasteiger partial charge on any atom is 0.125 e. The van der Waals surface area contributed by atoms with Gasteiger partial charge in [0.25, 0.3) is 0 Å². The molecule has 0 aliphatic carbocycles. The Balaban J connectivity index is 2.84. The molecule has 0 radical (unpaired) electrons. The first-order chi connectivity index (χ1) is 7.19. The Bertz CT molecular complexity index is 329. The van der Waals surface area contributed by atoms with Crippen molar-refractivity contribution in [3.05, 3.63) is 28.3 Å². The van der Waals surface area contributed by atoms with E-state index in [0.717, 1.165) is 34.9 Å². The number of rotatable bonds is 5. The largest absolute Gasteiger partial charge is 0.496 e. The van der Waals surface area contributed by atoms with Crippen molar-refractivity contribution in [3.63, 3.8) is 0 Å². The molecule has 1 rings (SSSR count). The van der Waals surface area contributed by atoms with Gasteiger partial charge in [0.1, 0.15) is 5.75 Å². The molecule has 1 aromatic carbocycles. The van der Waals surface area contributed by atoms with Gasteiger partial charge >= 0.3 is 0 Å². The second-order valence-electron chi connectivity index (χ2n) is 3.37. The lowest BCUT2D eigenvalue weighted by Gasteiger charge is -2.12. The Morgan fingerprint density at radius 3 is 2.80 bits per heavy atom. The molecule has 0 spiro atoms. The zero-order chi connectivity index (χ0) is 11.3. The van der Waals surface area contributed by atoms with Crippen LogP contribution in [-0.2, 0) is 6.42 Å². The molecule has 0 amide bonds. The molecule has 15 heavy (non-hydrogen) atoms. The average molecular weight is 229 g/mol. The average Bonchev–Trinajstić information content (AvgIpc) is 2.17. The molecule has 0 bridgehead atoms. The highest BCUT2D eigenvalue weighted by atomic mass is 35.5. The number of ether oxygens (including phenoxy) is 1. The number of halogens is 1. The van der Waals surface area contributed by atoms with Gasteiger partial charge in [-0.15, -0.1) is 0 Å². The van der Waals surface area contributed by atoms with Crippen LogP contribution in [0.5, 0.6) is 5.75 Å². The first-order valence-corrected chi connectivity index (χ1v) is 5.30. The molecule has 0 aliphatic rings. The van der Waals surface area contributed by atoms with Crippen LogP contribution in [0.1, 0.15) is 11.1 Å². The lowest BCUT2D eigenvalue weighted by Crippen LogP contribution is -2.24. The number of methoxy groups -OCH3 is 1. The van der Waals surface area contributed by atoms with Crippen LogP contribution in [-0.4, -0.2) is 20.3 Å². The van der Waals surface area contributed by atoms with Gasteiger partial charge in [-0.2, -0.15) is 0 Å². The number of aryl methyl sites for hydroxylation is 1. The van der Waals surface area contributed by atoms with E-state index in [2.05, 4.69) is 5.32 Å². The number of nitrogens with one attached hydrogen (secondary N) is 1. The molecule has 0 aromatic heterocycles. The monoisotopic (exact) mass is 228 g/mol. The summed E-state index contributed by atoms with van der Waals surface area (Å²) in [6.45, 7) is 3.30. The van der Waals surface area contributed by atoms with E-state index in [4.69, 9.17) is 22.1 Å². The Hall–Kier alpha value is -0.770. The van der Waals surface area contributed by atoms with Crippen molar-refractivity contribution < 1.29 is 4.74 Å². The SMILES string of the molecule is COc1c(C)cc(Cl)cc1CCNCN. The molecule has 0 heterocycles. The van der Waals surface area contributed by atoms with Crippen molar-refractivity contribution in [1.82, 2.24) is 5.32 Å². The predicted molar refractivity (Wildman–Crippen MR) is 63.5 cm³/mol. The number of hydrogen-bond donors (Lipinski definition) is 2. The van der Waals surface area contributed by atoms with Gasteiger partial charge in [-0.3, -0.25) is 0 Å². The van der Waals surface area contributed by atoms with Crippen molar-refractivity contribution in [2.24, 2.45) is 5.73 Å². The molecule has 0 saturated heterocycles. The van der Waals surface area contributed by atoms with Gasteiger partial charge in [-0.25, -0.2) is 0 Å². The summed E-state index contributed by atoms with van der Waals surface area (Å²) >= 11 is 5.99. The van der Waals surface area contributed by atoms with Gasteiger partial charge in [-0.1, -0.05) is 11.6 Å². The van der Waals surface area contributed by atoms with Gasteiger partial charge in [0.2, 0.25) is 0 Å². The molecule has 0 atom stereocenters. The van der Waals surface area contributed by atoms with Crippen LogP contribution >= 0.6 is 11.6 Å². The van der Waals surface area contributed by atoms with E-state index in [1.165, 1.54) is 0 Å². The Labute approximate surface area is 95.6 Å². The number of hydrogen-bond acceptors (Lipinski definition) is 3. The van der Waals surface area contributed by atoms with Crippen LogP contribution in [0.15, 0.2) is 12.1 Å². The van der Waals surface area contributed by atoms with Gasteiger partial charge in [0, 0.05) is 18.2 Å². The van der Waals surface area contributed by atoms with Crippen LogP contribution in [0.3, 0.4) is 0 Å². The Kier molecular flexibility index (Phi) is 4.88. The zero-order valence-electron chi connectivity index (χ0n) is 9.14. The van der Waals surface area contributed by atoms with Crippen molar-refractivity contribution in [2.45, 2.75) is 13.3 Å². The van der Waals surface area contributed by atoms with E-state index in [-0.39, 0.29) is 0 Å². The minimum absolute atomic E-state index is 0.488. The van der Waals surface area contributed by atoms with E-state index in [9.17, 15) is 0 Å². The van der Waals surface area contributed by atoms with E-state index in [0.29, 0.717) is 6.67 Å². The summed E-state index contributed by atoms with van der Waals surface area (Å²) in [4.78, 5) is 0. The maximum absolute atomic E-state index is 5.99. The van der Waals surface area contributed by atoms with E-state index in [1.807, 2.05) is 19.1 Å². The molecule has 1 aromatic rings. The molecule has 0 unspecified atom stereocenters. The second kappa shape index (κ2) is 5.95. The standard InChI is InChI=1S/C11H17ClN2O/c1-8-5-10(12)6-9(11(8)15-2)3-4-14-7-13/h5-6,14H,3-4,7,13H2,1-2H3. The van der Waals surface area contributed by atoms with Crippen LogP contribution in [0.4, 0.5) is 0 Å². The second-order valence-corrected chi connectivity index (χ2v) is 3.81. The minimum Gasteiger partial charge on any atom is -0.496 e. The summed E-state index contributed by atoms with van der Waals surface area (Å²) in [5, 5.41) is 3.81. The fraction of sp³-hybridized carbons (Fsp3) is 0.455. The number of benzene rings is 1. The normalized spacial score (nSPS) is 10.4. The molecule has 0 aliphatic heterocycles. The van der Waals surface area contributed by atoms with Gasteiger partial charge in [-0.05, 0) is 36.6 Å². The van der Waals surface area contributed by atoms with Crippen molar-refractivity contribution >= 4 is 11.6 Å². The van der Waals surface area contributed by atoms with Gasteiger partial charge in [0.05, 0.1) is 7.11 Å². The van der Waals surface area contributed by atoms with Crippen molar-refractivity contribution in [1.29, 1.82) is 0 Å². The lowest BCUT2D eigenvalue weighted by atomic mass is 10.1. The lowest BCUT2D eigenvalue weighted by molar-refractivity contribution is 0.406. The Morgan fingerprint density at radius 2 is 2.20 bits per heavy atom. The van der Waals surface area contributed by atoms with Crippen molar-refractivity contribution in [2.75, 3.05) is 20.3 Å². The third-order valence-electron chi connectivity index (χ3n) is 2.24. The third-order valence-corrected chi connectivity index (χ3v) is 2.45. The first kappa shape index (κ1) is 12.3. The van der Waals surface area contributed by atoms with E-state index < -0.39 is 0 Å². The molecule has 3 nitrogen and oxygen atoms in total. The quantitative estimate of drug-likeness (QED) is 0.596. The summed E-state index contributed by atoms with van der Waals surface area (Å²) in [6, 6.07) is 3.84. The summed E-state index contributed by atoms with van der Waals surface area (Å²) in [6.07, 6.45) is 0.863. The highest BCUT2D eigenvalue weighted by Gasteiger charge is 2.07. The van der Waals surface area contributed by atoms with Gasteiger partial charge < -0.3 is 15.8 Å². The molecule has 0 fully saturated rings. The molecular weight excluding hydrogens is 212 g/mol. The summed E-state index contributed by atoms with van der Waals surface area (Å²) in [5.41, 5.74) is 7.53. The fourth-order valence-electron chi connectivity index (χ4n) is 1.60. The maximum atomic E-state index is 5.99. The molecule has 3 N–H and O–H groups in total. The highest BCUT2D eigenvalue weighted by Crippen LogP contribution is 2.27. The van der Waals surface area contributed by atoms with Crippen LogP contribution in [0, 0.1) is 6.92 Å². The summed E-state index contributed by atoms with van der Waals surface area (Å²) in [5.74, 6) is 0.915.